The van der Waals surface area contributed by atoms with E-state index >= 15 is 0 Å². The summed E-state index contributed by atoms with van der Waals surface area (Å²) in [6.07, 6.45) is 1.74. The van der Waals surface area contributed by atoms with Crippen LogP contribution in [-0.2, 0) is 6.42 Å². The van der Waals surface area contributed by atoms with Crippen LogP contribution in [0.4, 0.5) is 5.13 Å². The summed E-state index contributed by atoms with van der Waals surface area (Å²) in [7, 11) is 1.54. The van der Waals surface area contributed by atoms with Crippen molar-refractivity contribution in [2.45, 2.75) is 19.8 Å². The fourth-order valence-corrected chi connectivity index (χ4v) is 3.01. The minimum atomic E-state index is -0.705. The lowest BCUT2D eigenvalue weighted by molar-refractivity contribution is 0.102. The largest absolute Gasteiger partial charge is 0.497 e. The zero-order valence-electron chi connectivity index (χ0n) is 13.2. The predicted octanol–water partition coefficient (Wildman–Crippen LogP) is 2.86. The third-order valence-corrected chi connectivity index (χ3v) is 4.23. The molecule has 1 amide bonds. The zero-order chi connectivity index (χ0) is 17.1. The van der Waals surface area contributed by atoms with Crippen LogP contribution in [0, 0.1) is 0 Å². The Kier molecular flexibility index (Phi) is 4.57. The predicted molar refractivity (Wildman–Crippen MR) is 90.9 cm³/mol. The number of aromatic nitrogens is 2. The van der Waals surface area contributed by atoms with E-state index < -0.39 is 11.5 Å². The van der Waals surface area contributed by atoms with Crippen molar-refractivity contribution in [2.75, 3.05) is 12.4 Å². The topological polar surface area (TPSA) is 94.3 Å². The first-order valence-electron chi connectivity index (χ1n) is 7.36. The van der Waals surface area contributed by atoms with Gasteiger partial charge in [-0.15, -0.1) is 10.2 Å². The molecule has 7 nitrogen and oxygen atoms in total. The molecule has 0 saturated heterocycles. The summed E-state index contributed by atoms with van der Waals surface area (Å²) in [6.45, 7) is 2.04. The zero-order valence-corrected chi connectivity index (χ0v) is 14.0. The molecule has 0 aliphatic heterocycles. The number of carbonyl (C=O) groups excluding carboxylic acids is 1. The summed E-state index contributed by atoms with van der Waals surface area (Å²) in [5.41, 5.74) is -0.412. The molecule has 0 fully saturated rings. The third kappa shape index (κ3) is 3.28. The van der Waals surface area contributed by atoms with Crippen molar-refractivity contribution in [2.24, 2.45) is 0 Å². The highest BCUT2D eigenvalue weighted by molar-refractivity contribution is 7.15. The van der Waals surface area contributed by atoms with E-state index in [4.69, 9.17) is 9.15 Å². The van der Waals surface area contributed by atoms with Crippen LogP contribution < -0.4 is 15.7 Å². The molecule has 1 aromatic carbocycles. The second-order valence-corrected chi connectivity index (χ2v) is 6.12. The second-order valence-electron chi connectivity index (χ2n) is 5.06. The highest BCUT2D eigenvalue weighted by Gasteiger charge is 2.16. The number of ether oxygens (including phenoxy) is 1. The van der Waals surface area contributed by atoms with E-state index in [1.54, 1.807) is 18.2 Å². The number of benzene rings is 1. The number of hydrogen-bond acceptors (Lipinski definition) is 7. The summed E-state index contributed by atoms with van der Waals surface area (Å²) in [5.74, 6) is 0.0312. The molecule has 24 heavy (non-hydrogen) atoms. The van der Waals surface area contributed by atoms with Gasteiger partial charge in [-0.05, 0) is 30.7 Å². The number of amides is 1. The fourth-order valence-electron chi connectivity index (χ4n) is 2.17. The van der Waals surface area contributed by atoms with Crippen LogP contribution in [0.2, 0.25) is 0 Å². The lowest BCUT2D eigenvalue weighted by Gasteiger charge is -2.04. The Bertz CT molecular complexity index is 948. The van der Waals surface area contributed by atoms with Gasteiger partial charge in [0.2, 0.25) is 5.13 Å². The molecule has 0 saturated carbocycles. The Labute approximate surface area is 141 Å². The van der Waals surface area contributed by atoms with Crippen molar-refractivity contribution in [3.8, 4) is 5.75 Å². The van der Waals surface area contributed by atoms with Gasteiger partial charge in [0.25, 0.3) is 5.91 Å². The number of rotatable bonds is 5. The van der Waals surface area contributed by atoms with E-state index in [0.717, 1.165) is 17.8 Å². The Balaban J connectivity index is 1.90. The van der Waals surface area contributed by atoms with Gasteiger partial charge in [0, 0.05) is 11.8 Å². The van der Waals surface area contributed by atoms with Gasteiger partial charge in [0.05, 0.1) is 7.11 Å². The molecule has 8 heteroatoms. The Morgan fingerprint density at radius 2 is 2.17 bits per heavy atom. The molecule has 2 heterocycles. The van der Waals surface area contributed by atoms with Gasteiger partial charge in [-0.25, -0.2) is 4.79 Å². The van der Waals surface area contributed by atoms with E-state index in [0.29, 0.717) is 21.9 Å². The number of nitrogens with one attached hydrogen (secondary N) is 1. The van der Waals surface area contributed by atoms with Crippen LogP contribution >= 0.6 is 11.3 Å². The number of methoxy groups -OCH3 is 1. The molecular formula is C16H15N3O4S. The van der Waals surface area contributed by atoms with Gasteiger partial charge < -0.3 is 9.15 Å². The molecule has 0 atom stereocenters. The summed E-state index contributed by atoms with van der Waals surface area (Å²) >= 11 is 1.29. The Morgan fingerprint density at radius 3 is 2.92 bits per heavy atom. The highest BCUT2D eigenvalue weighted by atomic mass is 32.1. The average Bonchev–Trinajstić information content (AvgIpc) is 3.01. The summed E-state index contributed by atoms with van der Waals surface area (Å²) < 4.78 is 10.3. The molecule has 0 radical (unpaired) electrons. The SMILES string of the molecule is CCCc1nnc(NC(=O)c2cc3cc(OC)ccc3oc2=O)s1. The quantitative estimate of drug-likeness (QED) is 0.715. The molecule has 0 aliphatic carbocycles. The number of carbonyl (C=O) groups is 1. The minimum Gasteiger partial charge on any atom is -0.497 e. The van der Waals surface area contributed by atoms with Crippen molar-refractivity contribution in [1.82, 2.24) is 10.2 Å². The normalized spacial score (nSPS) is 10.8. The number of hydrogen-bond donors (Lipinski definition) is 1. The maximum absolute atomic E-state index is 12.3. The Hall–Kier alpha value is -2.74. The first-order chi connectivity index (χ1) is 11.6. The van der Waals surface area contributed by atoms with Crippen LogP contribution in [-0.4, -0.2) is 23.2 Å². The first-order valence-corrected chi connectivity index (χ1v) is 8.18. The molecule has 0 spiro atoms. The second kappa shape index (κ2) is 6.79. The maximum Gasteiger partial charge on any atom is 0.349 e. The molecular weight excluding hydrogens is 330 g/mol. The van der Waals surface area contributed by atoms with Crippen LogP contribution in [0.25, 0.3) is 11.0 Å². The summed E-state index contributed by atoms with van der Waals surface area (Å²) in [6, 6.07) is 6.48. The van der Waals surface area contributed by atoms with Gasteiger partial charge in [-0.1, -0.05) is 18.3 Å². The molecule has 3 rings (SSSR count). The first kappa shape index (κ1) is 16.1. The van der Waals surface area contributed by atoms with Crippen molar-refractivity contribution in [3.05, 3.63) is 45.3 Å². The van der Waals surface area contributed by atoms with Crippen molar-refractivity contribution in [1.29, 1.82) is 0 Å². The van der Waals surface area contributed by atoms with E-state index in [1.807, 2.05) is 6.92 Å². The standard InChI is InChI=1S/C16H15N3O4S/c1-3-4-13-18-19-16(24-13)17-14(20)11-8-9-7-10(22-2)5-6-12(9)23-15(11)21/h5-8H,3-4H2,1-2H3,(H,17,19,20). The van der Waals surface area contributed by atoms with Crippen molar-refractivity contribution >= 4 is 33.3 Å². The van der Waals surface area contributed by atoms with Crippen LogP contribution in [0.15, 0.2) is 33.5 Å². The van der Waals surface area contributed by atoms with Gasteiger partial charge in [0.1, 0.15) is 21.9 Å². The molecule has 0 unspecified atom stereocenters. The van der Waals surface area contributed by atoms with Gasteiger partial charge >= 0.3 is 5.63 Å². The van der Waals surface area contributed by atoms with Crippen molar-refractivity contribution in [3.63, 3.8) is 0 Å². The molecule has 0 aliphatic rings. The minimum absolute atomic E-state index is 0.0944. The van der Waals surface area contributed by atoms with Crippen molar-refractivity contribution < 1.29 is 13.9 Å². The number of nitrogens with zero attached hydrogens (tertiary/aromatic N) is 2. The van der Waals surface area contributed by atoms with E-state index in [9.17, 15) is 9.59 Å². The molecule has 2 aromatic heterocycles. The monoisotopic (exact) mass is 345 g/mol. The average molecular weight is 345 g/mol. The lowest BCUT2D eigenvalue weighted by Crippen LogP contribution is -2.20. The fraction of sp³-hybridized carbons (Fsp3) is 0.250. The van der Waals surface area contributed by atoms with Crippen LogP contribution in [0.5, 0.6) is 5.75 Å². The van der Waals surface area contributed by atoms with Crippen LogP contribution in [0.3, 0.4) is 0 Å². The summed E-state index contributed by atoms with van der Waals surface area (Å²) in [4.78, 5) is 24.4. The molecule has 3 aromatic rings. The van der Waals surface area contributed by atoms with Gasteiger partial charge in [-0.3, -0.25) is 10.1 Å². The van der Waals surface area contributed by atoms with Gasteiger partial charge in [0.15, 0.2) is 0 Å². The number of aryl methyl sites for hydroxylation is 1. The van der Waals surface area contributed by atoms with Crippen LogP contribution in [0.1, 0.15) is 28.7 Å². The Morgan fingerprint density at radius 1 is 1.33 bits per heavy atom. The maximum atomic E-state index is 12.3. The van der Waals surface area contributed by atoms with E-state index in [-0.39, 0.29) is 5.56 Å². The highest BCUT2D eigenvalue weighted by Crippen LogP contribution is 2.21. The van der Waals surface area contributed by atoms with E-state index in [1.165, 1.54) is 24.5 Å². The summed E-state index contributed by atoms with van der Waals surface area (Å²) in [5, 5.41) is 12.3. The molecule has 0 bridgehead atoms. The lowest BCUT2D eigenvalue weighted by atomic mass is 10.1. The van der Waals surface area contributed by atoms with E-state index in [2.05, 4.69) is 15.5 Å². The molecule has 1 N–H and O–H groups in total. The smallest absolute Gasteiger partial charge is 0.349 e. The van der Waals surface area contributed by atoms with Gasteiger partial charge in [-0.2, -0.15) is 0 Å². The number of fused-ring (bicyclic) bond motifs is 1. The molecule has 124 valence electrons. The number of anilines is 1. The third-order valence-electron chi connectivity index (χ3n) is 3.34.